The number of nitrogens with one attached hydrogen (secondary N) is 1. The average molecular weight is 386 g/mol. The summed E-state index contributed by atoms with van der Waals surface area (Å²) >= 11 is 0. The van der Waals surface area contributed by atoms with E-state index < -0.39 is 5.97 Å². The molecule has 0 bridgehead atoms. The van der Waals surface area contributed by atoms with Crippen molar-refractivity contribution in [3.8, 4) is 0 Å². The molecule has 2 N–H and O–H groups in total. The fraction of sp³-hybridized carbons (Fsp3) is 0.591. The molecule has 0 aliphatic heterocycles. The zero-order valence-corrected chi connectivity index (χ0v) is 16.7. The van der Waals surface area contributed by atoms with E-state index in [1.165, 1.54) is 12.8 Å². The minimum absolute atomic E-state index is 0.0000901. The van der Waals surface area contributed by atoms with Crippen molar-refractivity contribution >= 4 is 17.7 Å². The highest BCUT2D eigenvalue weighted by Gasteiger charge is 2.37. The third-order valence-electron chi connectivity index (χ3n) is 5.80. The summed E-state index contributed by atoms with van der Waals surface area (Å²) in [6.45, 7) is 4.78. The number of carboxylic acids is 1. The normalized spacial score (nSPS) is 21.2. The highest BCUT2D eigenvalue weighted by Crippen LogP contribution is 2.33. The number of amides is 1. The number of carboxylic acid groups (broad SMARTS) is 1. The average Bonchev–Trinajstić information content (AvgIpc) is 3.40. The Hall–Kier alpha value is -2.21. The summed E-state index contributed by atoms with van der Waals surface area (Å²) in [5.41, 5.74) is 2.67. The quantitative estimate of drug-likeness (QED) is 0.604. The van der Waals surface area contributed by atoms with Gasteiger partial charge < -0.3 is 10.4 Å². The van der Waals surface area contributed by atoms with Crippen LogP contribution in [0.5, 0.6) is 0 Å². The first-order chi connectivity index (χ1) is 13.3. The molecule has 2 aliphatic rings. The lowest BCUT2D eigenvalue weighted by Gasteiger charge is -2.42. The topological polar surface area (TPSA) is 86.7 Å². The Balaban J connectivity index is 1.40. The van der Waals surface area contributed by atoms with Crippen LogP contribution >= 0.6 is 0 Å². The summed E-state index contributed by atoms with van der Waals surface area (Å²) < 4.78 is 0. The Labute approximate surface area is 166 Å². The molecule has 0 unspecified atom stereocenters. The van der Waals surface area contributed by atoms with Crippen molar-refractivity contribution in [1.29, 1.82) is 0 Å². The van der Waals surface area contributed by atoms with Crippen LogP contribution in [0.25, 0.3) is 0 Å². The number of rotatable bonds is 10. The SMILES string of the molecule is Cc1ccc(C)c(C(=O)CCC(=O)NC2CC(N(CC(=O)O)CC3CC3)C2)c1. The van der Waals surface area contributed by atoms with Gasteiger partial charge in [-0.3, -0.25) is 19.3 Å². The molecule has 2 fully saturated rings. The number of ketones is 1. The molecule has 6 heteroatoms. The van der Waals surface area contributed by atoms with Crippen molar-refractivity contribution in [3.05, 3.63) is 34.9 Å². The molecule has 28 heavy (non-hydrogen) atoms. The molecular formula is C22H30N2O4. The van der Waals surface area contributed by atoms with Gasteiger partial charge in [0.2, 0.25) is 5.91 Å². The van der Waals surface area contributed by atoms with Gasteiger partial charge in [-0.25, -0.2) is 0 Å². The molecule has 2 aliphatic carbocycles. The van der Waals surface area contributed by atoms with Crippen molar-refractivity contribution in [3.63, 3.8) is 0 Å². The monoisotopic (exact) mass is 386 g/mol. The lowest BCUT2D eigenvalue weighted by Crippen LogP contribution is -2.55. The van der Waals surface area contributed by atoms with Crippen LogP contribution in [0.4, 0.5) is 0 Å². The van der Waals surface area contributed by atoms with Gasteiger partial charge in [-0.15, -0.1) is 0 Å². The van der Waals surface area contributed by atoms with Crippen LogP contribution in [0.1, 0.15) is 60.0 Å². The van der Waals surface area contributed by atoms with Gasteiger partial charge in [-0.1, -0.05) is 17.7 Å². The number of carbonyl (C=O) groups excluding carboxylic acids is 2. The molecule has 0 atom stereocenters. The van der Waals surface area contributed by atoms with Crippen LogP contribution in [-0.4, -0.2) is 52.8 Å². The van der Waals surface area contributed by atoms with Gasteiger partial charge in [0.1, 0.15) is 0 Å². The van der Waals surface area contributed by atoms with Gasteiger partial charge in [0.05, 0.1) is 6.54 Å². The van der Waals surface area contributed by atoms with E-state index in [2.05, 4.69) is 5.32 Å². The van der Waals surface area contributed by atoms with Crippen molar-refractivity contribution < 1.29 is 19.5 Å². The maximum atomic E-state index is 12.4. The molecule has 0 radical (unpaired) electrons. The fourth-order valence-electron chi connectivity index (χ4n) is 3.85. The Kier molecular flexibility index (Phi) is 6.50. The first-order valence-electron chi connectivity index (χ1n) is 10.2. The molecule has 152 valence electrons. The summed E-state index contributed by atoms with van der Waals surface area (Å²) in [6.07, 6.45) is 4.36. The lowest BCUT2D eigenvalue weighted by molar-refractivity contribution is -0.140. The summed E-state index contributed by atoms with van der Waals surface area (Å²) in [4.78, 5) is 37.7. The van der Waals surface area contributed by atoms with Gasteiger partial charge in [-0.05, 0) is 57.1 Å². The Morgan fingerprint density at radius 2 is 1.86 bits per heavy atom. The first-order valence-corrected chi connectivity index (χ1v) is 10.2. The van der Waals surface area contributed by atoms with Gasteiger partial charge in [0.15, 0.2) is 5.78 Å². The van der Waals surface area contributed by atoms with Crippen LogP contribution in [0.3, 0.4) is 0 Å². The summed E-state index contributed by atoms with van der Waals surface area (Å²) in [6, 6.07) is 6.11. The summed E-state index contributed by atoms with van der Waals surface area (Å²) in [7, 11) is 0. The smallest absolute Gasteiger partial charge is 0.317 e. The molecule has 0 heterocycles. The molecular weight excluding hydrogens is 356 g/mol. The molecule has 1 amide bonds. The van der Waals surface area contributed by atoms with Gasteiger partial charge in [0.25, 0.3) is 0 Å². The summed E-state index contributed by atoms with van der Waals surface area (Å²) in [5, 5.41) is 12.1. The molecule has 3 rings (SSSR count). The molecule has 0 aromatic heterocycles. The number of aliphatic carboxylic acids is 1. The van der Waals surface area contributed by atoms with Crippen LogP contribution in [0.15, 0.2) is 18.2 Å². The summed E-state index contributed by atoms with van der Waals surface area (Å²) in [5.74, 6) is -0.254. The number of nitrogens with zero attached hydrogens (tertiary/aromatic N) is 1. The number of hydrogen-bond acceptors (Lipinski definition) is 4. The Morgan fingerprint density at radius 3 is 2.50 bits per heavy atom. The molecule has 2 saturated carbocycles. The zero-order valence-electron chi connectivity index (χ0n) is 16.7. The van der Waals surface area contributed by atoms with Gasteiger partial charge in [0, 0.05) is 37.0 Å². The van der Waals surface area contributed by atoms with Crippen LogP contribution in [-0.2, 0) is 9.59 Å². The van der Waals surface area contributed by atoms with E-state index in [0.29, 0.717) is 11.5 Å². The van der Waals surface area contributed by atoms with Crippen LogP contribution in [0, 0.1) is 19.8 Å². The third-order valence-corrected chi connectivity index (χ3v) is 5.80. The number of Topliss-reactive ketones (excluding diaryl/α,β-unsaturated/α-hetero) is 1. The number of hydrogen-bond donors (Lipinski definition) is 2. The zero-order chi connectivity index (χ0) is 20.3. The third kappa shape index (κ3) is 5.64. The van der Waals surface area contributed by atoms with E-state index in [1.807, 2.05) is 36.9 Å². The van der Waals surface area contributed by atoms with Crippen LogP contribution in [0.2, 0.25) is 0 Å². The predicted octanol–water partition coefficient (Wildman–Crippen LogP) is 2.71. The molecule has 0 spiro atoms. The second-order valence-corrected chi connectivity index (χ2v) is 8.40. The van der Waals surface area contributed by atoms with E-state index in [0.717, 1.165) is 30.5 Å². The van der Waals surface area contributed by atoms with E-state index in [9.17, 15) is 14.4 Å². The van der Waals surface area contributed by atoms with Crippen molar-refractivity contribution in [2.24, 2.45) is 5.92 Å². The van der Waals surface area contributed by atoms with Crippen molar-refractivity contribution in [1.82, 2.24) is 10.2 Å². The Morgan fingerprint density at radius 1 is 1.14 bits per heavy atom. The fourth-order valence-corrected chi connectivity index (χ4v) is 3.85. The van der Waals surface area contributed by atoms with Gasteiger partial charge >= 0.3 is 5.97 Å². The molecule has 6 nitrogen and oxygen atoms in total. The minimum atomic E-state index is -0.793. The van der Waals surface area contributed by atoms with E-state index in [4.69, 9.17) is 5.11 Å². The predicted molar refractivity (Wildman–Crippen MR) is 106 cm³/mol. The highest BCUT2D eigenvalue weighted by atomic mass is 16.4. The Bertz CT molecular complexity index is 751. The maximum absolute atomic E-state index is 12.4. The van der Waals surface area contributed by atoms with Crippen molar-refractivity contribution in [2.75, 3.05) is 13.1 Å². The van der Waals surface area contributed by atoms with E-state index in [1.54, 1.807) is 0 Å². The largest absolute Gasteiger partial charge is 0.480 e. The molecule has 1 aromatic carbocycles. The molecule has 1 aromatic rings. The maximum Gasteiger partial charge on any atom is 0.317 e. The molecule has 0 saturated heterocycles. The highest BCUT2D eigenvalue weighted by molar-refractivity contribution is 5.99. The lowest BCUT2D eigenvalue weighted by atomic mass is 9.85. The standard InChI is InChI=1S/C22H30N2O4/c1-14-3-4-15(2)19(9-14)20(25)7-8-21(26)23-17-10-18(11-17)24(13-22(27)28)12-16-5-6-16/h3-4,9,16-18H,5-8,10-13H2,1-2H3,(H,23,26)(H,27,28). The van der Waals surface area contributed by atoms with E-state index >= 15 is 0 Å². The van der Waals surface area contributed by atoms with Gasteiger partial charge in [-0.2, -0.15) is 0 Å². The minimum Gasteiger partial charge on any atom is -0.480 e. The van der Waals surface area contributed by atoms with Crippen LogP contribution < -0.4 is 5.32 Å². The second-order valence-electron chi connectivity index (χ2n) is 8.40. The number of benzene rings is 1. The second kappa shape index (κ2) is 8.86. The van der Waals surface area contributed by atoms with Crippen molar-refractivity contribution in [2.45, 2.75) is 64.5 Å². The number of carbonyl (C=O) groups is 3. The number of aryl methyl sites for hydroxylation is 2. The van der Waals surface area contributed by atoms with E-state index in [-0.39, 0.29) is 43.2 Å². The first kappa shape index (κ1) is 20.5.